The quantitative estimate of drug-likeness (QED) is 0.471. The van der Waals surface area contributed by atoms with Gasteiger partial charge in [0.05, 0.1) is 31.1 Å². The van der Waals surface area contributed by atoms with E-state index in [1.165, 1.54) is 13.0 Å². The highest BCUT2D eigenvalue weighted by molar-refractivity contribution is 7.55. The predicted octanol–water partition coefficient (Wildman–Crippen LogP) is 3.98. The van der Waals surface area contributed by atoms with Crippen LogP contribution in [0.4, 0.5) is 5.69 Å². The number of ketones is 1. The predicted molar refractivity (Wildman–Crippen MR) is 109 cm³/mol. The van der Waals surface area contributed by atoms with E-state index < -0.39 is 25.1 Å². The van der Waals surface area contributed by atoms with Crippen LogP contribution in [0.15, 0.2) is 12.1 Å². The maximum atomic E-state index is 12.9. The van der Waals surface area contributed by atoms with Crippen molar-refractivity contribution in [2.75, 3.05) is 25.1 Å². The van der Waals surface area contributed by atoms with Crippen molar-refractivity contribution in [3.05, 3.63) is 28.8 Å². The number of amides is 1. The van der Waals surface area contributed by atoms with Gasteiger partial charge in [0.1, 0.15) is 5.66 Å². The normalized spacial score (nSPS) is 14.8. The first-order valence-corrected chi connectivity index (χ1v) is 11.4. The van der Waals surface area contributed by atoms with Crippen molar-refractivity contribution in [3.8, 4) is 0 Å². The van der Waals surface area contributed by atoms with Crippen molar-refractivity contribution in [2.45, 2.75) is 52.6 Å². The Balaban J connectivity index is 2.40. The van der Waals surface area contributed by atoms with Gasteiger partial charge in [-0.3, -0.25) is 14.2 Å². The number of aryl methyl sites for hydroxylation is 1. The lowest BCUT2D eigenvalue weighted by atomic mass is 9.88. The fourth-order valence-electron chi connectivity index (χ4n) is 3.23. The number of hydrogen-bond acceptors (Lipinski definition) is 7. The van der Waals surface area contributed by atoms with E-state index in [-0.39, 0.29) is 36.9 Å². The Hall–Kier alpha value is -2.02. The molecule has 29 heavy (non-hydrogen) atoms. The second kappa shape index (κ2) is 10.1. The van der Waals surface area contributed by atoms with Crippen LogP contribution in [0.3, 0.4) is 0 Å². The van der Waals surface area contributed by atoms with E-state index in [9.17, 15) is 18.9 Å². The molecule has 0 aromatic heterocycles. The summed E-state index contributed by atoms with van der Waals surface area (Å²) in [6.07, 6.45) is 1.65. The average Bonchev–Trinajstić information content (AvgIpc) is 2.67. The first-order chi connectivity index (χ1) is 13.8. The Bertz CT molecular complexity index is 826. The Morgan fingerprint density at radius 2 is 1.76 bits per heavy atom. The molecule has 9 heteroatoms. The van der Waals surface area contributed by atoms with Crippen LogP contribution in [-0.4, -0.2) is 43.1 Å². The number of nitrogens with one attached hydrogen (secondary N) is 1. The van der Waals surface area contributed by atoms with Crippen LogP contribution in [0.2, 0.25) is 0 Å². The van der Waals surface area contributed by atoms with Gasteiger partial charge < -0.3 is 19.1 Å². The van der Waals surface area contributed by atoms with Gasteiger partial charge in [-0.25, -0.2) is 4.79 Å². The highest BCUT2D eigenvalue weighted by Gasteiger charge is 2.38. The summed E-state index contributed by atoms with van der Waals surface area (Å²) in [5.41, 5.74) is 0.441. The zero-order chi connectivity index (χ0) is 21.6. The van der Waals surface area contributed by atoms with Gasteiger partial charge in [0.2, 0.25) is 5.91 Å². The Kier molecular flexibility index (Phi) is 8.14. The standard InChI is InChI=1S/C20H28NO7P/c1-5-26-20(24)15-11-14-9-8-10-17(22)18(14)16(12-15)21-19(23)13(4)29(25,27-6-2)28-7-3/h11-13H,5-10H2,1-4H3,(H,21,23). The van der Waals surface area contributed by atoms with Crippen molar-refractivity contribution >= 4 is 30.9 Å². The smallest absolute Gasteiger partial charge is 0.342 e. The number of carbonyl (C=O) groups is 3. The zero-order valence-corrected chi connectivity index (χ0v) is 18.2. The molecule has 160 valence electrons. The molecule has 1 unspecified atom stereocenters. The number of esters is 1. The zero-order valence-electron chi connectivity index (χ0n) is 17.3. The van der Waals surface area contributed by atoms with Crippen LogP contribution in [-0.2, 0) is 29.6 Å². The molecule has 0 aliphatic heterocycles. The van der Waals surface area contributed by atoms with Crippen molar-refractivity contribution in [3.63, 3.8) is 0 Å². The molecule has 1 aromatic carbocycles. The van der Waals surface area contributed by atoms with Crippen LogP contribution in [0.25, 0.3) is 0 Å². The maximum Gasteiger partial charge on any atom is 0.342 e. The molecule has 0 radical (unpaired) electrons. The lowest BCUT2D eigenvalue weighted by molar-refractivity contribution is -0.116. The van der Waals surface area contributed by atoms with Gasteiger partial charge in [-0.15, -0.1) is 0 Å². The molecular weight excluding hydrogens is 397 g/mol. The molecule has 1 aliphatic carbocycles. The molecule has 0 saturated heterocycles. The van der Waals surface area contributed by atoms with Gasteiger partial charge in [0.25, 0.3) is 0 Å². The number of benzene rings is 1. The molecule has 1 amide bonds. The third-order valence-electron chi connectivity index (χ3n) is 4.59. The molecule has 0 bridgehead atoms. The lowest BCUT2D eigenvalue weighted by Gasteiger charge is -2.24. The lowest BCUT2D eigenvalue weighted by Crippen LogP contribution is -2.28. The molecule has 0 spiro atoms. The molecule has 2 rings (SSSR count). The number of fused-ring (bicyclic) bond motifs is 1. The van der Waals surface area contributed by atoms with Crippen LogP contribution in [0, 0.1) is 0 Å². The van der Waals surface area contributed by atoms with E-state index in [1.54, 1.807) is 26.8 Å². The monoisotopic (exact) mass is 425 g/mol. The third-order valence-corrected chi connectivity index (χ3v) is 7.01. The summed E-state index contributed by atoms with van der Waals surface area (Å²) >= 11 is 0. The minimum Gasteiger partial charge on any atom is -0.462 e. The molecule has 0 saturated carbocycles. The molecule has 1 atom stereocenters. The van der Waals surface area contributed by atoms with Crippen molar-refractivity contribution < 1.29 is 32.7 Å². The van der Waals surface area contributed by atoms with Crippen molar-refractivity contribution in [2.24, 2.45) is 0 Å². The number of rotatable bonds is 9. The summed E-state index contributed by atoms with van der Waals surface area (Å²) in [6.45, 7) is 6.93. The van der Waals surface area contributed by atoms with Gasteiger partial charge in [-0.2, -0.15) is 0 Å². The summed E-state index contributed by atoms with van der Waals surface area (Å²) in [7, 11) is -3.68. The number of anilines is 1. The molecular formula is C20H28NO7P. The van der Waals surface area contributed by atoms with Crippen LogP contribution < -0.4 is 5.32 Å². The second-order valence-electron chi connectivity index (χ2n) is 6.60. The molecule has 1 aromatic rings. The summed E-state index contributed by atoms with van der Waals surface area (Å²) in [4.78, 5) is 37.5. The van der Waals surface area contributed by atoms with Gasteiger partial charge in [-0.1, -0.05) is 0 Å². The Morgan fingerprint density at radius 3 is 2.34 bits per heavy atom. The van der Waals surface area contributed by atoms with Crippen molar-refractivity contribution in [1.82, 2.24) is 0 Å². The fourth-order valence-corrected chi connectivity index (χ4v) is 4.82. The first kappa shape index (κ1) is 23.3. The molecule has 1 N–H and O–H groups in total. The number of Topliss-reactive ketones (excluding diaryl/α,β-unsaturated/α-hetero) is 1. The molecule has 0 fully saturated rings. The highest BCUT2D eigenvalue weighted by Crippen LogP contribution is 2.53. The topological polar surface area (TPSA) is 108 Å². The van der Waals surface area contributed by atoms with E-state index in [0.29, 0.717) is 30.4 Å². The Morgan fingerprint density at radius 1 is 1.10 bits per heavy atom. The number of ether oxygens (including phenoxy) is 1. The largest absolute Gasteiger partial charge is 0.462 e. The highest BCUT2D eigenvalue weighted by atomic mass is 31.2. The summed E-state index contributed by atoms with van der Waals surface area (Å²) in [5.74, 6) is -1.26. The van der Waals surface area contributed by atoms with Gasteiger partial charge >= 0.3 is 13.6 Å². The summed E-state index contributed by atoms with van der Waals surface area (Å²) < 4.78 is 28.5. The van der Waals surface area contributed by atoms with Crippen LogP contribution >= 0.6 is 7.60 Å². The second-order valence-corrected chi connectivity index (χ2v) is 8.97. The molecule has 8 nitrogen and oxygen atoms in total. The Labute approximate surface area is 170 Å². The minimum atomic E-state index is -3.68. The first-order valence-electron chi connectivity index (χ1n) is 9.84. The van der Waals surface area contributed by atoms with E-state index in [4.69, 9.17) is 13.8 Å². The van der Waals surface area contributed by atoms with Crippen molar-refractivity contribution in [1.29, 1.82) is 0 Å². The average molecular weight is 425 g/mol. The van der Waals surface area contributed by atoms with Gasteiger partial charge in [0, 0.05) is 12.0 Å². The van der Waals surface area contributed by atoms with Crippen LogP contribution in [0.1, 0.15) is 66.8 Å². The summed E-state index contributed by atoms with van der Waals surface area (Å²) in [6, 6.07) is 3.06. The van der Waals surface area contributed by atoms with E-state index >= 15 is 0 Å². The van der Waals surface area contributed by atoms with E-state index in [0.717, 1.165) is 0 Å². The maximum absolute atomic E-state index is 12.9. The number of carbonyl (C=O) groups excluding carboxylic acids is 3. The molecule has 1 aliphatic rings. The molecule has 0 heterocycles. The summed E-state index contributed by atoms with van der Waals surface area (Å²) in [5, 5.41) is 2.66. The van der Waals surface area contributed by atoms with Gasteiger partial charge in [-0.05, 0) is 58.2 Å². The SMILES string of the molecule is CCOC(=O)c1cc2c(c(NC(=O)C(C)P(=O)(OCC)OCC)c1)C(=O)CCC2. The third kappa shape index (κ3) is 5.32. The van der Waals surface area contributed by atoms with E-state index in [2.05, 4.69) is 5.32 Å². The number of hydrogen-bond donors (Lipinski definition) is 1. The van der Waals surface area contributed by atoms with E-state index in [1.807, 2.05) is 0 Å². The minimum absolute atomic E-state index is 0.109. The van der Waals surface area contributed by atoms with Crippen LogP contribution in [0.5, 0.6) is 0 Å². The fraction of sp³-hybridized carbons (Fsp3) is 0.550. The van der Waals surface area contributed by atoms with Gasteiger partial charge in [0.15, 0.2) is 5.78 Å².